The van der Waals surface area contributed by atoms with Crippen molar-refractivity contribution in [1.29, 1.82) is 0 Å². The van der Waals surface area contributed by atoms with Crippen LogP contribution in [0.4, 0.5) is 18.9 Å². The smallest absolute Gasteiger partial charge is 0.399 e. The molecule has 0 spiro atoms. The lowest BCUT2D eigenvalue weighted by Gasteiger charge is -2.23. The van der Waals surface area contributed by atoms with Crippen molar-refractivity contribution in [1.82, 2.24) is 9.55 Å². The summed E-state index contributed by atoms with van der Waals surface area (Å²) in [5.41, 5.74) is 10.4. The molecule has 0 saturated heterocycles. The minimum absolute atomic E-state index is 0.127. The molecule has 1 aromatic heterocycles. The number of anilines is 1. The van der Waals surface area contributed by atoms with Gasteiger partial charge in [-0.05, 0) is 32.0 Å². The maximum Gasteiger partial charge on any atom is 0.449 e. The Morgan fingerprint density at radius 3 is 2.48 bits per heavy atom. The van der Waals surface area contributed by atoms with Crippen LogP contribution >= 0.6 is 0 Å². The number of carbonyl (C=O) groups is 1. The summed E-state index contributed by atoms with van der Waals surface area (Å²) in [7, 11) is 0. The van der Waals surface area contributed by atoms with Crippen LogP contribution in [0.1, 0.15) is 19.7 Å². The molecule has 0 unspecified atom stereocenters. The average Bonchev–Trinajstić information content (AvgIpc) is 2.66. The summed E-state index contributed by atoms with van der Waals surface area (Å²) in [6.45, 7) is 2.74. The quantitative estimate of drug-likeness (QED) is 0.851. The van der Waals surface area contributed by atoms with Gasteiger partial charge in [-0.25, -0.2) is 4.98 Å². The van der Waals surface area contributed by atoms with Crippen LogP contribution in [0, 0.1) is 5.41 Å². The number of halogens is 3. The van der Waals surface area contributed by atoms with Crippen LogP contribution in [0.2, 0.25) is 0 Å². The Hall–Kier alpha value is -2.25. The number of nitrogens with two attached hydrogens (primary N) is 2. The average molecular weight is 300 g/mol. The van der Waals surface area contributed by atoms with Gasteiger partial charge in [0, 0.05) is 12.2 Å². The first-order valence-electron chi connectivity index (χ1n) is 6.15. The highest BCUT2D eigenvalue weighted by atomic mass is 19.4. The Balaban J connectivity index is 2.67. The minimum Gasteiger partial charge on any atom is -0.399 e. The van der Waals surface area contributed by atoms with Crippen LogP contribution in [0.5, 0.6) is 0 Å². The lowest BCUT2D eigenvalue weighted by atomic mass is 9.92. The molecule has 1 amide bonds. The third-order valence-corrected chi connectivity index (χ3v) is 3.25. The highest BCUT2D eigenvalue weighted by molar-refractivity contribution is 5.82. The van der Waals surface area contributed by atoms with Crippen molar-refractivity contribution in [3.63, 3.8) is 0 Å². The zero-order chi connectivity index (χ0) is 16.0. The SMILES string of the molecule is CC(C)(Cn1c(C(F)(F)F)nc2cc(N)ccc21)C(N)=O. The first kappa shape index (κ1) is 15.1. The first-order valence-corrected chi connectivity index (χ1v) is 6.15. The van der Waals surface area contributed by atoms with Gasteiger partial charge in [-0.1, -0.05) is 0 Å². The van der Waals surface area contributed by atoms with E-state index in [-0.39, 0.29) is 17.6 Å². The zero-order valence-electron chi connectivity index (χ0n) is 11.5. The van der Waals surface area contributed by atoms with Gasteiger partial charge < -0.3 is 16.0 Å². The van der Waals surface area contributed by atoms with Gasteiger partial charge in [0.15, 0.2) is 0 Å². The molecule has 21 heavy (non-hydrogen) atoms. The van der Waals surface area contributed by atoms with Gasteiger partial charge in [-0.15, -0.1) is 0 Å². The molecule has 1 heterocycles. The molecular weight excluding hydrogens is 285 g/mol. The molecule has 2 rings (SSSR count). The normalized spacial score (nSPS) is 12.8. The van der Waals surface area contributed by atoms with E-state index in [4.69, 9.17) is 11.5 Å². The standard InChI is InChI=1S/C13H15F3N4O/c1-12(2,10(18)21)6-20-9-4-3-7(17)5-8(9)19-11(20)13(14,15)16/h3-5H,6,17H2,1-2H3,(H2,18,21). The molecule has 0 aliphatic carbocycles. The number of benzene rings is 1. The summed E-state index contributed by atoms with van der Waals surface area (Å²) < 4.78 is 40.4. The van der Waals surface area contributed by atoms with Crippen LogP contribution in [-0.4, -0.2) is 15.5 Å². The van der Waals surface area contributed by atoms with Gasteiger partial charge in [0.2, 0.25) is 11.7 Å². The number of primary amides is 1. The monoisotopic (exact) mass is 300 g/mol. The lowest BCUT2D eigenvalue weighted by Crippen LogP contribution is -2.36. The molecular formula is C13H15F3N4O. The predicted octanol–water partition coefficient (Wildman–Crippen LogP) is 2.15. The maximum atomic E-state index is 13.1. The van der Waals surface area contributed by atoms with E-state index in [2.05, 4.69) is 4.98 Å². The number of hydrogen-bond donors (Lipinski definition) is 2. The van der Waals surface area contributed by atoms with Crippen molar-refractivity contribution in [2.45, 2.75) is 26.6 Å². The predicted molar refractivity (Wildman–Crippen MR) is 72.1 cm³/mol. The molecule has 0 atom stereocenters. The number of alkyl halides is 3. The summed E-state index contributed by atoms with van der Waals surface area (Å²) >= 11 is 0. The summed E-state index contributed by atoms with van der Waals surface area (Å²) in [6, 6.07) is 4.29. The summed E-state index contributed by atoms with van der Waals surface area (Å²) in [5.74, 6) is -1.76. The van der Waals surface area contributed by atoms with Gasteiger partial charge in [-0.3, -0.25) is 4.79 Å². The van der Waals surface area contributed by atoms with Crippen molar-refractivity contribution in [2.24, 2.45) is 11.1 Å². The summed E-state index contributed by atoms with van der Waals surface area (Å²) in [5, 5.41) is 0. The van der Waals surface area contributed by atoms with Gasteiger partial charge in [0.05, 0.1) is 16.4 Å². The fourth-order valence-corrected chi connectivity index (χ4v) is 2.00. The molecule has 8 heteroatoms. The van der Waals surface area contributed by atoms with Crippen molar-refractivity contribution in [3.05, 3.63) is 24.0 Å². The molecule has 0 radical (unpaired) electrons. The molecule has 0 fully saturated rings. The number of imidazole rings is 1. The maximum absolute atomic E-state index is 13.1. The third kappa shape index (κ3) is 2.79. The van der Waals surface area contributed by atoms with Crippen LogP contribution in [0.15, 0.2) is 18.2 Å². The Morgan fingerprint density at radius 1 is 1.33 bits per heavy atom. The number of aromatic nitrogens is 2. The van der Waals surface area contributed by atoms with Gasteiger partial charge in [0.1, 0.15) is 0 Å². The topological polar surface area (TPSA) is 86.9 Å². The fourth-order valence-electron chi connectivity index (χ4n) is 2.00. The van der Waals surface area contributed by atoms with Gasteiger partial charge >= 0.3 is 6.18 Å². The molecule has 0 aliphatic rings. The van der Waals surface area contributed by atoms with Crippen molar-refractivity contribution in [3.8, 4) is 0 Å². The summed E-state index contributed by atoms with van der Waals surface area (Å²) in [6.07, 6.45) is -4.64. The fraction of sp³-hybridized carbons (Fsp3) is 0.385. The van der Waals surface area contributed by atoms with Crippen molar-refractivity contribution < 1.29 is 18.0 Å². The van der Waals surface area contributed by atoms with Crippen molar-refractivity contribution >= 4 is 22.6 Å². The second kappa shape index (κ2) is 4.64. The third-order valence-electron chi connectivity index (χ3n) is 3.25. The van der Waals surface area contributed by atoms with Crippen molar-refractivity contribution in [2.75, 3.05) is 5.73 Å². The number of nitrogens with zero attached hydrogens (tertiary/aromatic N) is 2. The van der Waals surface area contributed by atoms with Crippen LogP contribution in [0.25, 0.3) is 11.0 Å². The molecule has 2 aromatic rings. The van der Waals surface area contributed by atoms with E-state index in [0.717, 1.165) is 4.57 Å². The van der Waals surface area contributed by atoms with E-state index >= 15 is 0 Å². The first-order chi connectivity index (χ1) is 9.52. The Kier molecular flexibility index (Phi) is 3.35. The molecule has 0 saturated carbocycles. The van der Waals surface area contributed by atoms with E-state index in [1.807, 2.05) is 0 Å². The molecule has 0 bridgehead atoms. The molecule has 114 valence electrons. The van der Waals surface area contributed by atoms with E-state index < -0.39 is 23.3 Å². The number of nitrogen functional groups attached to an aromatic ring is 1. The van der Waals surface area contributed by atoms with Gasteiger partial charge in [0.25, 0.3) is 0 Å². The number of amides is 1. The zero-order valence-corrected chi connectivity index (χ0v) is 11.5. The Morgan fingerprint density at radius 2 is 1.95 bits per heavy atom. The van der Waals surface area contributed by atoms with Crippen LogP contribution < -0.4 is 11.5 Å². The highest BCUT2D eigenvalue weighted by Crippen LogP contribution is 2.34. The number of carbonyl (C=O) groups excluding carboxylic acids is 1. The van der Waals surface area contributed by atoms with Crippen LogP contribution in [0.3, 0.4) is 0 Å². The largest absolute Gasteiger partial charge is 0.449 e. The Bertz CT molecular complexity index is 703. The second-order valence-corrected chi connectivity index (χ2v) is 5.52. The van der Waals surface area contributed by atoms with Gasteiger partial charge in [-0.2, -0.15) is 13.2 Å². The minimum atomic E-state index is -4.64. The number of fused-ring (bicyclic) bond motifs is 1. The summed E-state index contributed by atoms with van der Waals surface area (Å²) in [4.78, 5) is 15.0. The number of hydrogen-bond acceptors (Lipinski definition) is 3. The molecule has 1 aromatic carbocycles. The molecule has 0 aliphatic heterocycles. The Labute approximate surface area is 118 Å². The molecule has 4 N–H and O–H groups in total. The number of rotatable bonds is 3. The van der Waals surface area contributed by atoms with Crippen LogP contribution in [-0.2, 0) is 17.5 Å². The molecule has 5 nitrogen and oxygen atoms in total. The second-order valence-electron chi connectivity index (χ2n) is 5.52. The lowest BCUT2D eigenvalue weighted by molar-refractivity contribution is -0.148. The van der Waals surface area contributed by atoms with E-state index in [9.17, 15) is 18.0 Å². The van der Waals surface area contributed by atoms with E-state index in [1.54, 1.807) is 0 Å². The highest BCUT2D eigenvalue weighted by Gasteiger charge is 2.39. The van der Waals surface area contributed by atoms with E-state index in [0.29, 0.717) is 5.69 Å². The van der Waals surface area contributed by atoms with E-state index in [1.165, 1.54) is 32.0 Å².